The van der Waals surface area contributed by atoms with Crippen LogP contribution < -0.4 is 5.32 Å². The van der Waals surface area contributed by atoms with E-state index in [1.54, 1.807) is 11.3 Å². The molecule has 1 N–H and O–H groups in total. The second kappa shape index (κ2) is 33.9. The zero-order chi connectivity index (χ0) is 30.7. The Morgan fingerprint density at radius 1 is 0.535 bits per heavy atom. The van der Waals surface area contributed by atoms with Crippen molar-refractivity contribution in [3.05, 3.63) is 22.4 Å². The maximum absolute atomic E-state index is 11.9. The van der Waals surface area contributed by atoms with Gasteiger partial charge in [-0.25, -0.2) is 0 Å². The highest BCUT2D eigenvalue weighted by atomic mass is 32.1. The van der Waals surface area contributed by atoms with Crippen molar-refractivity contribution in [1.82, 2.24) is 5.32 Å². The molecule has 0 aromatic carbocycles. The van der Waals surface area contributed by atoms with Crippen LogP contribution >= 0.6 is 11.3 Å². The predicted octanol–water partition coefficient (Wildman–Crippen LogP) is 8.60. The molecular formula is C35H65NO6S. The van der Waals surface area contributed by atoms with Gasteiger partial charge in [-0.3, -0.25) is 4.79 Å². The second-order valence-electron chi connectivity index (χ2n) is 11.3. The van der Waals surface area contributed by atoms with Gasteiger partial charge in [-0.15, -0.1) is 0 Å². The van der Waals surface area contributed by atoms with E-state index in [4.69, 9.17) is 23.7 Å². The minimum absolute atomic E-state index is 0.0549. The molecule has 252 valence electrons. The minimum Gasteiger partial charge on any atom is -0.379 e. The number of hydrogen-bond donors (Lipinski definition) is 1. The molecule has 0 unspecified atom stereocenters. The number of carbonyl (C=O) groups is 1. The van der Waals surface area contributed by atoms with Crippen molar-refractivity contribution in [2.45, 2.75) is 122 Å². The fourth-order valence-corrected chi connectivity index (χ4v) is 5.40. The number of nitrogens with one attached hydrogen (secondary N) is 1. The highest BCUT2D eigenvalue weighted by molar-refractivity contribution is 7.08. The van der Waals surface area contributed by atoms with E-state index in [0.717, 1.165) is 44.6 Å². The van der Waals surface area contributed by atoms with E-state index in [1.165, 1.54) is 96.3 Å². The average Bonchev–Trinajstić information content (AvgIpc) is 3.57. The molecule has 0 saturated heterocycles. The van der Waals surface area contributed by atoms with Crippen LogP contribution in [0.2, 0.25) is 0 Å². The first-order valence-corrected chi connectivity index (χ1v) is 18.5. The summed E-state index contributed by atoms with van der Waals surface area (Å²) in [6, 6.07) is 1.87. The number of thiophene rings is 1. The van der Waals surface area contributed by atoms with E-state index >= 15 is 0 Å². The van der Waals surface area contributed by atoms with Crippen molar-refractivity contribution in [3.8, 4) is 0 Å². The summed E-state index contributed by atoms with van der Waals surface area (Å²) < 4.78 is 28.0. The lowest BCUT2D eigenvalue weighted by Gasteiger charge is -2.08. The van der Waals surface area contributed by atoms with Crippen LogP contribution in [0.5, 0.6) is 0 Å². The summed E-state index contributed by atoms with van der Waals surface area (Å²) in [4.78, 5) is 11.9. The molecular weight excluding hydrogens is 562 g/mol. The number of ether oxygens (including phenoxy) is 5. The number of unbranched alkanes of at least 4 members (excludes halogenated alkanes) is 16. The summed E-state index contributed by atoms with van der Waals surface area (Å²) in [6.45, 7) is 9.67. The number of amides is 1. The van der Waals surface area contributed by atoms with E-state index < -0.39 is 0 Å². The van der Waals surface area contributed by atoms with Gasteiger partial charge in [0.15, 0.2) is 0 Å². The van der Waals surface area contributed by atoms with E-state index in [2.05, 4.69) is 12.2 Å². The van der Waals surface area contributed by atoms with E-state index in [-0.39, 0.29) is 5.91 Å². The molecule has 0 bridgehead atoms. The SMILES string of the molecule is CCCCCCCCCCOCCOCCOCCOCCOCCCCCCCCCCCCNC(=O)c1ccsc1. The van der Waals surface area contributed by atoms with Crippen molar-refractivity contribution >= 4 is 17.2 Å². The molecule has 0 saturated carbocycles. The normalized spacial score (nSPS) is 11.4. The molecule has 7 nitrogen and oxygen atoms in total. The molecule has 1 aromatic rings. The Labute approximate surface area is 268 Å². The summed E-state index contributed by atoms with van der Waals surface area (Å²) in [7, 11) is 0. The Morgan fingerprint density at radius 3 is 1.30 bits per heavy atom. The van der Waals surface area contributed by atoms with Gasteiger partial charge in [0.1, 0.15) is 0 Å². The molecule has 8 heteroatoms. The van der Waals surface area contributed by atoms with Gasteiger partial charge in [0, 0.05) is 30.7 Å². The van der Waals surface area contributed by atoms with Crippen molar-refractivity contribution in [1.29, 1.82) is 0 Å². The van der Waals surface area contributed by atoms with Gasteiger partial charge < -0.3 is 29.0 Å². The second-order valence-corrected chi connectivity index (χ2v) is 12.1. The molecule has 1 aromatic heterocycles. The van der Waals surface area contributed by atoms with E-state index in [0.29, 0.717) is 52.9 Å². The average molecular weight is 628 g/mol. The zero-order valence-electron chi connectivity index (χ0n) is 27.6. The molecule has 1 rings (SSSR count). The van der Waals surface area contributed by atoms with Gasteiger partial charge in [0.25, 0.3) is 5.91 Å². The Bertz CT molecular complexity index is 675. The minimum atomic E-state index is 0.0549. The highest BCUT2D eigenvalue weighted by Crippen LogP contribution is 2.11. The van der Waals surface area contributed by atoms with Crippen molar-refractivity contribution < 1.29 is 28.5 Å². The maximum Gasteiger partial charge on any atom is 0.252 e. The van der Waals surface area contributed by atoms with Gasteiger partial charge in [-0.1, -0.05) is 103 Å². The Hall–Kier alpha value is -1.03. The fraction of sp³-hybridized carbons (Fsp3) is 0.857. The molecule has 0 aliphatic heterocycles. The molecule has 0 radical (unpaired) electrons. The molecule has 43 heavy (non-hydrogen) atoms. The van der Waals surface area contributed by atoms with Gasteiger partial charge in [0.05, 0.1) is 52.9 Å². The topological polar surface area (TPSA) is 75.2 Å². The Morgan fingerprint density at radius 2 is 0.907 bits per heavy atom. The Balaban J connectivity index is 1.62. The lowest BCUT2D eigenvalue weighted by Crippen LogP contribution is -2.23. The first kappa shape index (κ1) is 40.0. The van der Waals surface area contributed by atoms with Crippen molar-refractivity contribution in [3.63, 3.8) is 0 Å². The number of hydrogen-bond acceptors (Lipinski definition) is 7. The first-order chi connectivity index (χ1) is 21.3. The van der Waals surface area contributed by atoms with Crippen LogP contribution in [-0.4, -0.2) is 78.5 Å². The molecule has 0 spiro atoms. The van der Waals surface area contributed by atoms with Crippen molar-refractivity contribution in [2.24, 2.45) is 0 Å². The zero-order valence-corrected chi connectivity index (χ0v) is 28.4. The monoisotopic (exact) mass is 627 g/mol. The summed E-state index contributed by atoms with van der Waals surface area (Å²) >= 11 is 1.56. The van der Waals surface area contributed by atoms with Crippen LogP contribution in [-0.2, 0) is 23.7 Å². The molecule has 1 heterocycles. The fourth-order valence-electron chi connectivity index (χ4n) is 4.76. The predicted molar refractivity (Wildman–Crippen MR) is 180 cm³/mol. The van der Waals surface area contributed by atoms with Crippen LogP contribution in [0.1, 0.15) is 133 Å². The smallest absolute Gasteiger partial charge is 0.252 e. The summed E-state index contributed by atoms with van der Waals surface area (Å²) in [5, 5.41) is 6.83. The third-order valence-corrected chi connectivity index (χ3v) is 8.10. The number of rotatable bonds is 35. The van der Waals surface area contributed by atoms with E-state index in [1.807, 2.05) is 16.8 Å². The quantitative estimate of drug-likeness (QED) is 0.0760. The van der Waals surface area contributed by atoms with Crippen LogP contribution in [0, 0.1) is 0 Å². The molecule has 1 amide bonds. The van der Waals surface area contributed by atoms with Gasteiger partial charge in [-0.05, 0) is 30.7 Å². The van der Waals surface area contributed by atoms with Gasteiger partial charge in [0.2, 0.25) is 0 Å². The number of carbonyl (C=O) groups excluding carboxylic acids is 1. The molecule has 0 aliphatic carbocycles. The molecule has 0 atom stereocenters. The third-order valence-electron chi connectivity index (χ3n) is 7.41. The van der Waals surface area contributed by atoms with E-state index in [9.17, 15) is 4.79 Å². The standard InChI is InChI=1S/C35H65NO6S/c1-2-3-4-5-6-12-15-18-22-38-24-26-40-28-30-42-31-29-41-27-25-39-23-19-16-13-10-8-7-9-11-14-17-21-36-35(37)34-20-32-43-33-34/h20,32-33H,2-19,21-31H2,1H3,(H,36,37). The van der Waals surface area contributed by atoms with Crippen molar-refractivity contribution in [2.75, 3.05) is 72.6 Å². The highest BCUT2D eigenvalue weighted by Gasteiger charge is 2.04. The van der Waals surface area contributed by atoms with Crippen LogP contribution in [0.4, 0.5) is 0 Å². The molecule has 0 aliphatic rings. The first-order valence-electron chi connectivity index (χ1n) is 17.5. The van der Waals surface area contributed by atoms with Crippen LogP contribution in [0.15, 0.2) is 16.8 Å². The Kier molecular flexibility index (Phi) is 31.5. The van der Waals surface area contributed by atoms with Gasteiger partial charge >= 0.3 is 0 Å². The lowest BCUT2D eigenvalue weighted by molar-refractivity contribution is -0.0114. The lowest BCUT2D eigenvalue weighted by atomic mass is 10.1. The maximum atomic E-state index is 11.9. The van der Waals surface area contributed by atoms with Gasteiger partial charge in [-0.2, -0.15) is 11.3 Å². The summed E-state index contributed by atoms with van der Waals surface area (Å²) in [5.74, 6) is 0.0549. The van der Waals surface area contributed by atoms with Crippen LogP contribution in [0.3, 0.4) is 0 Å². The summed E-state index contributed by atoms with van der Waals surface area (Å²) in [5.41, 5.74) is 0.779. The third kappa shape index (κ3) is 29.4. The van der Waals surface area contributed by atoms with Crippen LogP contribution in [0.25, 0.3) is 0 Å². The summed E-state index contributed by atoms with van der Waals surface area (Å²) in [6.07, 6.45) is 23.1. The largest absolute Gasteiger partial charge is 0.379 e. The molecule has 0 fully saturated rings.